The summed E-state index contributed by atoms with van der Waals surface area (Å²) in [5, 5.41) is 3.52. The average Bonchev–Trinajstić information content (AvgIpc) is 2.63. The topological polar surface area (TPSA) is 46.0 Å². The van der Waals surface area contributed by atoms with E-state index in [-0.39, 0.29) is 6.03 Å². The van der Waals surface area contributed by atoms with Gasteiger partial charge in [0.15, 0.2) is 0 Å². The fraction of sp³-hybridized carbons (Fsp3) is 0.611. The Morgan fingerprint density at radius 1 is 1.25 bits per heavy atom. The molecule has 0 atom stereocenters. The quantitative estimate of drug-likeness (QED) is 0.877. The van der Waals surface area contributed by atoms with Crippen LogP contribution in [0.25, 0.3) is 0 Å². The van der Waals surface area contributed by atoms with Crippen molar-refractivity contribution in [2.75, 3.05) is 38.6 Å². The SMILES string of the molecule is COc1ccc(Cl)cc1NC(=O)N1CC[NH+](C2CCCCC2)CC1. The fourth-order valence-corrected chi connectivity index (χ4v) is 4.06. The fourth-order valence-electron chi connectivity index (χ4n) is 3.89. The normalized spacial score (nSPS) is 20.0. The number of carbonyl (C=O) groups excluding carboxylic acids is 1. The molecule has 24 heavy (non-hydrogen) atoms. The summed E-state index contributed by atoms with van der Waals surface area (Å²) in [4.78, 5) is 16.1. The van der Waals surface area contributed by atoms with Crippen LogP contribution >= 0.6 is 11.6 Å². The van der Waals surface area contributed by atoms with Crippen molar-refractivity contribution in [3.8, 4) is 5.75 Å². The smallest absolute Gasteiger partial charge is 0.322 e. The van der Waals surface area contributed by atoms with Crippen LogP contribution in [-0.2, 0) is 0 Å². The standard InChI is InChI=1S/C18H26ClN3O2/c1-24-17-8-7-14(19)13-16(17)20-18(23)22-11-9-21(10-12-22)15-5-3-2-4-6-15/h7-8,13,15H,2-6,9-12H2,1H3,(H,20,23)/p+1. The van der Waals surface area contributed by atoms with Gasteiger partial charge < -0.3 is 19.9 Å². The van der Waals surface area contributed by atoms with Gasteiger partial charge in [-0.15, -0.1) is 0 Å². The number of methoxy groups -OCH3 is 1. The summed E-state index contributed by atoms with van der Waals surface area (Å²) in [6, 6.07) is 5.98. The molecular weight excluding hydrogens is 326 g/mol. The Hall–Kier alpha value is -1.46. The van der Waals surface area contributed by atoms with E-state index in [0.717, 1.165) is 32.2 Å². The Morgan fingerprint density at radius 2 is 1.96 bits per heavy atom. The van der Waals surface area contributed by atoms with Crippen LogP contribution < -0.4 is 15.0 Å². The number of hydrogen-bond acceptors (Lipinski definition) is 2. The highest BCUT2D eigenvalue weighted by Crippen LogP contribution is 2.27. The Kier molecular flexibility index (Phi) is 5.85. The molecule has 1 aromatic rings. The number of benzene rings is 1. The summed E-state index contributed by atoms with van der Waals surface area (Å²) in [6.07, 6.45) is 6.82. The van der Waals surface area contributed by atoms with E-state index >= 15 is 0 Å². The van der Waals surface area contributed by atoms with Gasteiger partial charge in [-0.1, -0.05) is 18.0 Å². The summed E-state index contributed by atoms with van der Waals surface area (Å²) in [5.41, 5.74) is 0.622. The third kappa shape index (κ3) is 4.14. The summed E-state index contributed by atoms with van der Waals surface area (Å²) >= 11 is 6.02. The van der Waals surface area contributed by atoms with Crippen LogP contribution in [0.5, 0.6) is 5.75 Å². The molecule has 2 fully saturated rings. The van der Waals surface area contributed by atoms with Gasteiger partial charge in [0.1, 0.15) is 5.75 Å². The van der Waals surface area contributed by atoms with Crippen molar-refractivity contribution < 1.29 is 14.4 Å². The first kappa shape index (κ1) is 17.4. The van der Waals surface area contributed by atoms with E-state index in [1.807, 2.05) is 4.90 Å². The highest BCUT2D eigenvalue weighted by molar-refractivity contribution is 6.31. The van der Waals surface area contributed by atoms with Crippen LogP contribution in [0, 0.1) is 0 Å². The second kappa shape index (κ2) is 8.08. The minimum absolute atomic E-state index is 0.0711. The molecule has 0 unspecified atom stereocenters. The summed E-state index contributed by atoms with van der Waals surface area (Å²) in [5.74, 6) is 0.624. The van der Waals surface area contributed by atoms with Gasteiger partial charge in [0.25, 0.3) is 0 Å². The minimum Gasteiger partial charge on any atom is -0.495 e. The Labute approximate surface area is 148 Å². The zero-order valence-corrected chi connectivity index (χ0v) is 15.1. The van der Waals surface area contributed by atoms with E-state index in [1.165, 1.54) is 32.1 Å². The predicted molar refractivity (Wildman–Crippen MR) is 96.2 cm³/mol. The number of hydrogen-bond donors (Lipinski definition) is 2. The van der Waals surface area contributed by atoms with Crippen molar-refractivity contribution in [1.82, 2.24) is 4.90 Å². The van der Waals surface area contributed by atoms with E-state index in [0.29, 0.717) is 16.5 Å². The molecule has 1 heterocycles. The van der Waals surface area contributed by atoms with Crippen LogP contribution in [0.2, 0.25) is 5.02 Å². The number of quaternary nitrogens is 1. The molecule has 1 saturated carbocycles. The van der Waals surface area contributed by atoms with Crippen LogP contribution in [0.3, 0.4) is 0 Å². The van der Waals surface area contributed by atoms with Crippen LogP contribution in [0.1, 0.15) is 32.1 Å². The molecule has 5 nitrogen and oxygen atoms in total. The number of nitrogens with zero attached hydrogens (tertiary/aromatic N) is 1. The molecule has 2 amide bonds. The molecular formula is C18H27ClN3O2+. The number of halogens is 1. The third-order valence-corrected chi connectivity index (χ3v) is 5.51. The van der Waals surface area contributed by atoms with Crippen molar-refractivity contribution in [2.24, 2.45) is 0 Å². The van der Waals surface area contributed by atoms with Gasteiger partial charge in [-0.3, -0.25) is 0 Å². The largest absolute Gasteiger partial charge is 0.495 e. The Morgan fingerprint density at radius 3 is 2.62 bits per heavy atom. The lowest BCUT2D eigenvalue weighted by atomic mass is 9.94. The highest BCUT2D eigenvalue weighted by atomic mass is 35.5. The number of urea groups is 1. The van der Waals surface area contributed by atoms with E-state index in [1.54, 1.807) is 30.2 Å². The summed E-state index contributed by atoms with van der Waals surface area (Å²) < 4.78 is 5.29. The number of ether oxygens (including phenoxy) is 1. The van der Waals surface area contributed by atoms with Gasteiger partial charge in [-0.05, 0) is 43.9 Å². The molecule has 132 valence electrons. The lowest BCUT2D eigenvalue weighted by molar-refractivity contribution is -0.930. The van der Waals surface area contributed by atoms with E-state index in [4.69, 9.17) is 16.3 Å². The van der Waals surface area contributed by atoms with Crippen LogP contribution in [0.15, 0.2) is 18.2 Å². The molecule has 0 bridgehead atoms. The number of amides is 2. The molecule has 1 saturated heterocycles. The van der Waals surface area contributed by atoms with Gasteiger partial charge in [0, 0.05) is 5.02 Å². The Bertz CT molecular complexity index is 567. The van der Waals surface area contributed by atoms with Gasteiger partial charge in [-0.25, -0.2) is 4.79 Å². The lowest BCUT2D eigenvalue weighted by Crippen LogP contribution is -3.18. The van der Waals surface area contributed by atoms with Crippen LogP contribution in [-0.4, -0.2) is 50.3 Å². The van der Waals surface area contributed by atoms with E-state index in [9.17, 15) is 4.79 Å². The van der Waals surface area contributed by atoms with Crippen molar-refractivity contribution in [2.45, 2.75) is 38.1 Å². The first-order chi connectivity index (χ1) is 11.7. The van der Waals surface area contributed by atoms with Crippen LogP contribution in [0.4, 0.5) is 10.5 Å². The van der Waals surface area contributed by atoms with Gasteiger partial charge in [0.05, 0.1) is 45.0 Å². The number of rotatable bonds is 3. The molecule has 6 heteroatoms. The summed E-state index contributed by atoms with van der Waals surface area (Å²) in [6.45, 7) is 3.70. The zero-order valence-electron chi connectivity index (χ0n) is 14.3. The van der Waals surface area contributed by atoms with E-state index in [2.05, 4.69) is 5.32 Å². The first-order valence-electron chi connectivity index (χ1n) is 8.91. The van der Waals surface area contributed by atoms with Crippen molar-refractivity contribution in [3.63, 3.8) is 0 Å². The maximum atomic E-state index is 12.5. The molecule has 1 aliphatic heterocycles. The lowest BCUT2D eigenvalue weighted by Gasteiger charge is -2.38. The monoisotopic (exact) mass is 352 g/mol. The van der Waals surface area contributed by atoms with Crippen molar-refractivity contribution in [1.29, 1.82) is 0 Å². The number of carbonyl (C=O) groups is 1. The van der Waals surface area contributed by atoms with E-state index < -0.39 is 0 Å². The van der Waals surface area contributed by atoms with Gasteiger partial charge in [-0.2, -0.15) is 0 Å². The minimum atomic E-state index is -0.0711. The highest BCUT2D eigenvalue weighted by Gasteiger charge is 2.30. The number of anilines is 1. The van der Waals surface area contributed by atoms with Crippen molar-refractivity contribution >= 4 is 23.3 Å². The molecule has 0 radical (unpaired) electrons. The second-order valence-electron chi connectivity index (χ2n) is 6.75. The molecule has 2 aliphatic rings. The number of nitrogens with one attached hydrogen (secondary N) is 2. The van der Waals surface area contributed by atoms with Gasteiger partial charge in [0.2, 0.25) is 0 Å². The molecule has 0 spiro atoms. The second-order valence-corrected chi connectivity index (χ2v) is 7.19. The number of piperazine rings is 1. The Balaban J connectivity index is 1.54. The van der Waals surface area contributed by atoms with Crippen molar-refractivity contribution in [3.05, 3.63) is 23.2 Å². The zero-order chi connectivity index (χ0) is 16.9. The summed E-state index contributed by atoms with van der Waals surface area (Å²) in [7, 11) is 1.59. The molecule has 1 aliphatic carbocycles. The predicted octanol–water partition coefficient (Wildman–Crippen LogP) is 2.41. The maximum Gasteiger partial charge on any atom is 0.322 e. The average molecular weight is 353 g/mol. The molecule has 0 aromatic heterocycles. The first-order valence-corrected chi connectivity index (χ1v) is 9.29. The van der Waals surface area contributed by atoms with Gasteiger partial charge >= 0.3 is 6.03 Å². The maximum absolute atomic E-state index is 12.5. The molecule has 3 rings (SSSR count). The molecule has 1 aromatic carbocycles. The molecule has 2 N–H and O–H groups in total. The third-order valence-electron chi connectivity index (χ3n) is 5.28.